The van der Waals surface area contributed by atoms with Gasteiger partial charge in [-0.15, -0.1) is 0 Å². The van der Waals surface area contributed by atoms with Gasteiger partial charge in [0.15, 0.2) is 0 Å². The number of carbonyl (C=O) groups excluding carboxylic acids is 1. The Hall–Kier alpha value is -4.38. The standard InChI is InChI=1S/C26H19N3O2/c30-25(13-10-17-6-2-1-3-7-17)28-19-12-11-18-14-21(26(31)29-24(18)15-19)22-16-27-23-9-5-4-8-20(22)23/h1-16,27H,(H,28,30)(H,29,31)/b13-10+. The third-order valence-corrected chi connectivity index (χ3v) is 5.22. The minimum atomic E-state index is -0.235. The molecule has 5 heteroatoms. The Bertz CT molecular complexity index is 1490. The highest BCUT2D eigenvalue weighted by atomic mass is 16.1. The maximum atomic E-state index is 12.8. The molecule has 3 aromatic carbocycles. The first-order chi connectivity index (χ1) is 15.2. The largest absolute Gasteiger partial charge is 0.361 e. The number of rotatable bonds is 4. The van der Waals surface area contributed by atoms with Crippen molar-refractivity contribution in [3.8, 4) is 11.1 Å². The number of aromatic nitrogens is 2. The number of carbonyl (C=O) groups is 1. The lowest BCUT2D eigenvalue weighted by Crippen LogP contribution is -2.10. The van der Waals surface area contributed by atoms with E-state index < -0.39 is 0 Å². The summed E-state index contributed by atoms with van der Waals surface area (Å²) in [6, 6.07) is 24.9. The fourth-order valence-electron chi connectivity index (χ4n) is 3.69. The number of amides is 1. The fourth-order valence-corrected chi connectivity index (χ4v) is 3.69. The molecule has 0 saturated heterocycles. The summed E-state index contributed by atoms with van der Waals surface area (Å²) >= 11 is 0. The highest BCUT2D eigenvalue weighted by Gasteiger charge is 2.11. The summed E-state index contributed by atoms with van der Waals surface area (Å²) in [7, 11) is 0. The van der Waals surface area contributed by atoms with Gasteiger partial charge < -0.3 is 15.3 Å². The third-order valence-electron chi connectivity index (χ3n) is 5.22. The van der Waals surface area contributed by atoms with Crippen molar-refractivity contribution in [1.29, 1.82) is 0 Å². The smallest absolute Gasteiger partial charge is 0.256 e. The van der Waals surface area contributed by atoms with E-state index in [2.05, 4.69) is 15.3 Å². The number of anilines is 1. The fraction of sp³-hybridized carbons (Fsp3) is 0. The number of pyridine rings is 1. The number of hydrogen-bond donors (Lipinski definition) is 3. The van der Waals surface area contributed by atoms with Gasteiger partial charge in [0, 0.05) is 40.0 Å². The summed E-state index contributed by atoms with van der Waals surface area (Å²) in [4.78, 5) is 31.2. The molecule has 5 nitrogen and oxygen atoms in total. The second-order valence-electron chi connectivity index (χ2n) is 7.30. The average Bonchev–Trinajstić information content (AvgIpc) is 3.22. The van der Waals surface area contributed by atoms with Gasteiger partial charge in [-0.2, -0.15) is 0 Å². The average molecular weight is 405 g/mol. The monoisotopic (exact) mass is 405 g/mol. The second kappa shape index (κ2) is 7.80. The maximum Gasteiger partial charge on any atom is 0.256 e. The van der Waals surface area contributed by atoms with Gasteiger partial charge in [0.25, 0.3) is 5.56 Å². The predicted octanol–water partition coefficient (Wildman–Crippen LogP) is 5.33. The highest BCUT2D eigenvalue weighted by Crippen LogP contribution is 2.28. The minimum Gasteiger partial charge on any atom is -0.361 e. The minimum absolute atomic E-state index is 0.176. The van der Waals surface area contributed by atoms with Crippen LogP contribution in [0.25, 0.3) is 39.0 Å². The lowest BCUT2D eigenvalue weighted by Gasteiger charge is -2.06. The quantitative estimate of drug-likeness (QED) is 0.354. The van der Waals surface area contributed by atoms with Crippen LogP contribution in [0.5, 0.6) is 0 Å². The summed E-state index contributed by atoms with van der Waals surface area (Å²) in [6.45, 7) is 0. The van der Waals surface area contributed by atoms with E-state index in [4.69, 9.17) is 0 Å². The van der Waals surface area contributed by atoms with E-state index in [-0.39, 0.29) is 11.5 Å². The Kier molecular flexibility index (Phi) is 4.69. The molecule has 0 aliphatic rings. The topological polar surface area (TPSA) is 77.8 Å². The molecule has 0 bridgehead atoms. The molecule has 31 heavy (non-hydrogen) atoms. The molecule has 0 saturated carbocycles. The third kappa shape index (κ3) is 3.76. The molecule has 0 spiro atoms. The van der Waals surface area contributed by atoms with E-state index in [9.17, 15) is 9.59 Å². The summed E-state index contributed by atoms with van der Waals surface area (Å²) < 4.78 is 0. The Morgan fingerprint density at radius 3 is 2.52 bits per heavy atom. The van der Waals surface area contributed by atoms with E-state index in [1.165, 1.54) is 6.08 Å². The van der Waals surface area contributed by atoms with E-state index in [1.54, 1.807) is 12.1 Å². The number of H-pyrrole nitrogens is 2. The van der Waals surface area contributed by atoms with Gasteiger partial charge in [0.1, 0.15) is 0 Å². The molecule has 3 N–H and O–H groups in total. The van der Waals surface area contributed by atoms with Crippen LogP contribution in [0.15, 0.2) is 95.9 Å². The molecule has 5 rings (SSSR count). The van der Waals surface area contributed by atoms with Crippen LogP contribution in [0.3, 0.4) is 0 Å². The van der Waals surface area contributed by atoms with Crippen molar-refractivity contribution in [2.75, 3.05) is 5.32 Å². The van der Waals surface area contributed by atoms with Crippen LogP contribution in [0, 0.1) is 0 Å². The van der Waals surface area contributed by atoms with Gasteiger partial charge in [-0.25, -0.2) is 0 Å². The van der Waals surface area contributed by atoms with Crippen LogP contribution in [0.1, 0.15) is 5.56 Å². The molecule has 5 aromatic rings. The molecule has 150 valence electrons. The number of para-hydroxylation sites is 1. The Labute approximate surface area is 178 Å². The number of fused-ring (bicyclic) bond motifs is 2. The van der Waals surface area contributed by atoms with Gasteiger partial charge in [0.2, 0.25) is 5.91 Å². The van der Waals surface area contributed by atoms with Gasteiger partial charge >= 0.3 is 0 Å². The lowest BCUT2D eigenvalue weighted by atomic mass is 10.0. The second-order valence-corrected chi connectivity index (χ2v) is 7.30. The van der Waals surface area contributed by atoms with Crippen molar-refractivity contribution in [3.63, 3.8) is 0 Å². The predicted molar refractivity (Wildman–Crippen MR) is 126 cm³/mol. The van der Waals surface area contributed by atoms with Crippen molar-refractivity contribution in [2.45, 2.75) is 0 Å². The highest BCUT2D eigenvalue weighted by molar-refractivity contribution is 6.03. The Balaban J connectivity index is 1.43. The molecule has 1 amide bonds. The van der Waals surface area contributed by atoms with E-state index in [0.29, 0.717) is 16.8 Å². The zero-order chi connectivity index (χ0) is 21.2. The van der Waals surface area contributed by atoms with E-state index >= 15 is 0 Å². The van der Waals surface area contributed by atoms with Crippen molar-refractivity contribution >= 4 is 39.5 Å². The van der Waals surface area contributed by atoms with Crippen molar-refractivity contribution in [3.05, 3.63) is 107 Å². The lowest BCUT2D eigenvalue weighted by molar-refractivity contribution is -0.111. The van der Waals surface area contributed by atoms with E-state index in [1.807, 2.05) is 79.0 Å². The Morgan fingerprint density at radius 1 is 0.839 bits per heavy atom. The molecular weight excluding hydrogens is 386 g/mol. The number of benzene rings is 3. The Morgan fingerprint density at radius 2 is 1.65 bits per heavy atom. The first-order valence-electron chi connectivity index (χ1n) is 9.95. The SMILES string of the molecule is O=C(/C=C/c1ccccc1)Nc1ccc2cc(-c3c[nH]c4ccccc34)c(=O)[nH]c2c1. The van der Waals surface area contributed by atoms with Gasteiger partial charge in [-0.1, -0.05) is 54.6 Å². The number of hydrogen-bond acceptors (Lipinski definition) is 2. The van der Waals surface area contributed by atoms with E-state index in [0.717, 1.165) is 27.4 Å². The number of aromatic amines is 2. The molecule has 2 aromatic heterocycles. The summed E-state index contributed by atoms with van der Waals surface area (Å²) in [5.74, 6) is -0.235. The molecule has 0 aliphatic carbocycles. The molecule has 0 atom stereocenters. The molecule has 2 heterocycles. The number of nitrogens with one attached hydrogen (secondary N) is 3. The normalized spacial score (nSPS) is 11.4. The zero-order valence-corrected chi connectivity index (χ0v) is 16.6. The molecule has 0 fully saturated rings. The van der Waals surface area contributed by atoms with Gasteiger partial charge in [-0.3, -0.25) is 9.59 Å². The van der Waals surface area contributed by atoms with Gasteiger partial charge in [-0.05, 0) is 41.3 Å². The first kappa shape index (κ1) is 18.6. The van der Waals surface area contributed by atoms with Crippen molar-refractivity contribution < 1.29 is 4.79 Å². The maximum absolute atomic E-state index is 12.8. The van der Waals surface area contributed by atoms with Crippen LogP contribution in [-0.4, -0.2) is 15.9 Å². The summed E-state index contributed by atoms with van der Waals surface area (Å²) in [5.41, 5.74) is 4.51. The molecular formula is C26H19N3O2. The van der Waals surface area contributed by atoms with Gasteiger partial charge in [0.05, 0.1) is 5.52 Å². The van der Waals surface area contributed by atoms with Crippen LogP contribution in [0.2, 0.25) is 0 Å². The van der Waals surface area contributed by atoms with Crippen LogP contribution in [-0.2, 0) is 4.79 Å². The zero-order valence-electron chi connectivity index (χ0n) is 16.6. The summed E-state index contributed by atoms with van der Waals surface area (Å²) in [5, 5.41) is 4.73. The molecule has 0 aliphatic heterocycles. The van der Waals surface area contributed by atoms with Crippen LogP contribution >= 0.6 is 0 Å². The van der Waals surface area contributed by atoms with Crippen molar-refractivity contribution in [1.82, 2.24) is 9.97 Å². The van der Waals surface area contributed by atoms with Crippen LogP contribution < -0.4 is 10.9 Å². The van der Waals surface area contributed by atoms with Crippen molar-refractivity contribution in [2.24, 2.45) is 0 Å². The molecule has 0 unspecified atom stereocenters. The van der Waals surface area contributed by atoms with Crippen LogP contribution in [0.4, 0.5) is 5.69 Å². The first-order valence-corrected chi connectivity index (χ1v) is 9.95. The summed E-state index contributed by atoms with van der Waals surface area (Å²) in [6.07, 6.45) is 5.10. The molecule has 0 radical (unpaired) electrons.